The predicted octanol–water partition coefficient (Wildman–Crippen LogP) is 3.98. The molecule has 1 N–H and O–H groups in total. The molecule has 3 rings (SSSR count). The van der Waals surface area contributed by atoms with E-state index in [1.165, 1.54) is 43.6 Å². The molecule has 0 amide bonds. The number of anilines is 1. The maximum atomic E-state index is 3.64. The van der Waals surface area contributed by atoms with E-state index in [9.17, 15) is 0 Å². The van der Waals surface area contributed by atoms with Crippen LogP contribution < -0.4 is 10.2 Å². The Kier molecular flexibility index (Phi) is 4.30. The highest BCUT2D eigenvalue weighted by Gasteiger charge is 2.36. The van der Waals surface area contributed by atoms with Crippen LogP contribution in [0.4, 0.5) is 5.69 Å². The molecule has 1 heterocycles. The van der Waals surface area contributed by atoms with Crippen LogP contribution in [0.3, 0.4) is 0 Å². The first-order valence-electron chi connectivity index (χ1n) is 8.40. The minimum Gasteiger partial charge on any atom is -0.371 e. The fourth-order valence-corrected chi connectivity index (χ4v) is 4.22. The van der Waals surface area contributed by atoms with Crippen molar-refractivity contribution in [3.05, 3.63) is 29.8 Å². The summed E-state index contributed by atoms with van der Waals surface area (Å²) in [6, 6.07) is 9.54. The van der Waals surface area contributed by atoms with E-state index in [1.54, 1.807) is 0 Å². The molecule has 1 saturated heterocycles. The molecule has 110 valence electrons. The molecule has 1 aliphatic carbocycles. The summed E-state index contributed by atoms with van der Waals surface area (Å²) in [4.78, 5) is 2.66. The monoisotopic (exact) mass is 272 g/mol. The largest absolute Gasteiger partial charge is 0.371 e. The number of hydrogen-bond donors (Lipinski definition) is 1. The normalized spacial score (nSPS) is 26.8. The Morgan fingerprint density at radius 2 is 1.85 bits per heavy atom. The van der Waals surface area contributed by atoms with E-state index in [2.05, 4.69) is 48.3 Å². The fraction of sp³-hybridized carbons (Fsp3) is 0.667. The van der Waals surface area contributed by atoms with Gasteiger partial charge in [0, 0.05) is 24.8 Å². The number of para-hydroxylation sites is 1. The number of hydrogen-bond acceptors (Lipinski definition) is 2. The van der Waals surface area contributed by atoms with E-state index >= 15 is 0 Å². The first kappa shape index (κ1) is 13.9. The van der Waals surface area contributed by atoms with Crippen molar-refractivity contribution in [2.24, 2.45) is 11.8 Å². The molecular formula is C18H28N2. The summed E-state index contributed by atoms with van der Waals surface area (Å²) < 4.78 is 0. The molecule has 2 fully saturated rings. The molecule has 0 radical (unpaired) electrons. The Morgan fingerprint density at radius 1 is 1.15 bits per heavy atom. The summed E-state index contributed by atoms with van der Waals surface area (Å²) in [5, 5.41) is 3.64. The average Bonchev–Trinajstić information content (AvgIpc) is 3.06. The van der Waals surface area contributed by atoms with Gasteiger partial charge in [-0.3, -0.25) is 0 Å². The lowest BCUT2D eigenvalue weighted by Crippen LogP contribution is -2.26. The second-order valence-electron chi connectivity index (χ2n) is 6.43. The van der Waals surface area contributed by atoms with Gasteiger partial charge in [-0.05, 0) is 49.3 Å². The van der Waals surface area contributed by atoms with E-state index in [4.69, 9.17) is 0 Å². The Labute approximate surface area is 123 Å². The van der Waals surface area contributed by atoms with Gasteiger partial charge in [0.2, 0.25) is 0 Å². The van der Waals surface area contributed by atoms with E-state index in [-0.39, 0.29) is 0 Å². The minimum atomic E-state index is 0.497. The van der Waals surface area contributed by atoms with Crippen molar-refractivity contribution in [1.82, 2.24) is 5.32 Å². The molecule has 0 aromatic heterocycles. The molecular weight excluding hydrogens is 244 g/mol. The third-order valence-corrected chi connectivity index (χ3v) is 5.24. The molecule has 1 aromatic carbocycles. The molecule has 3 unspecified atom stereocenters. The van der Waals surface area contributed by atoms with E-state index in [0.717, 1.165) is 24.8 Å². The van der Waals surface area contributed by atoms with Crippen molar-refractivity contribution in [2.45, 2.75) is 45.6 Å². The van der Waals surface area contributed by atoms with Crippen LogP contribution in [-0.4, -0.2) is 19.6 Å². The molecule has 0 spiro atoms. The summed E-state index contributed by atoms with van der Waals surface area (Å²) >= 11 is 0. The van der Waals surface area contributed by atoms with Crippen LogP contribution in [0.2, 0.25) is 0 Å². The Hall–Kier alpha value is -1.02. The van der Waals surface area contributed by atoms with Crippen molar-refractivity contribution in [3.63, 3.8) is 0 Å². The molecule has 3 atom stereocenters. The summed E-state index contributed by atoms with van der Waals surface area (Å²) in [7, 11) is 0. The molecule has 20 heavy (non-hydrogen) atoms. The average molecular weight is 272 g/mol. The van der Waals surface area contributed by atoms with Gasteiger partial charge in [-0.2, -0.15) is 0 Å². The summed E-state index contributed by atoms with van der Waals surface area (Å²) in [5.74, 6) is 1.92. The lowest BCUT2D eigenvalue weighted by atomic mass is 10.0. The summed E-state index contributed by atoms with van der Waals surface area (Å²) in [6.45, 7) is 8.08. The number of nitrogens with zero attached hydrogens (tertiary/aromatic N) is 1. The molecule has 2 heteroatoms. The lowest BCUT2D eigenvalue weighted by molar-refractivity contribution is 0.494. The summed E-state index contributed by atoms with van der Waals surface area (Å²) in [6.07, 6.45) is 5.52. The second-order valence-corrected chi connectivity index (χ2v) is 6.43. The number of fused-ring (bicyclic) bond motifs is 1. The van der Waals surface area contributed by atoms with E-state index < -0.39 is 0 Å². The molecule has 2 nitrogen and oxygen atoms in total. The highest BCUT2D eigenvalue weighted by molar-refractivity contribution is 5.56. The van der Waals surface area contributed by atoms with Crippen LogP contribution in [0.25, 0.3) is 0 Å². The van der Waals surface area contributed by atoms with E-state index in [1.807, 2.05) is 0 Å². The highest BCUT2D eigenvalue weighted by Crippen LogP contribution is 2.41. The third kappa shape index (κ3) is 2.58. The number of benzene rings is 1. The number of rotatable bonds is 5. The van der Waals surface area contributed by atoms with Crippen LogP contribution in [-0.2, 0) is 0 Å². The Bertz CT molecular complexity index is 431. The van der Waals surface area contributed by atoms with Crippen molar-refractivity contribution < 1.29 is 0 Å². The highest BCUT2D eigenvalue weighted by atomic mass is 15.2. The van der Waals surface area contributed by atoms with Crippen molar-refractivity contribution in [1.29, 1.82) is 0 Å². The number of nitrogens with one attached hydrogen (secondary N) is 1. The van der Waals surface area contributed by atoms with Gasteiger partial charge < -0.3 is 10.2 Å². The molecule has 1 aromatic rings. The minimum absolute atomic E-state index is 0.497. The van der Waals surface area contributed by atoms with E-state index in [0.29, 0.717) is 6.04 Å². The zero-order valence-electron chi connectivity index (χ0n) is 12.9. The summed E-state index contributed by atoms with van der Waals surface area (Å²) in [5.41, 5.74) is 2.98. The smallest absolute Gasteiger partial charge is 0.0414 e. The van der Waals surface area contributed by atoms with Gasteiger partial charge in [-0.15, -0.1) is 0 Å². The van der Waals surface area contributed by atoms with Crippen molar-refractivity contribution in [3.8, 4) is 0 Å². The first-order valence-corrected chi connectivity index (χ1v) is 8.40. The third-order valence-electron chi connectivity index (χ3n) is 5.24. The van der Waals surface area contributed by atoms with Gasteiger partial charge >= 0.3 is 0 Å². The Morgan fingerprint density at radius 3 is 2.50 bits per heavy atom. The predicted molar refractivity (Wildman–Crippen MR) is 86.2 cm³/mol. The quantitative estimate of drug-likeness (QED) is 0.872. The zero-order chi connectivity index (χ0) is 13.9. The second kappa shape index (κ2) is 6.17. The van der Waals surface area contributed by atoms with Gasteiger partial charge in [0.05, 0.1) is 0 Å². The maximum absolute atomic E-state index is 3.64. The topological polar surface area (TPSA) is 15.3 Å². The van der Waals surface area contributed by atoms with Crippen LogP contribution in [0, 0.1) is 11.8 Å². The van der Waals surface area contributed by atoms with Crippen LogP contribution in [0.15, 0.2) is 24.3 Å². The van der Waals surface area contributed by atoms with Crippen molar-refractivity contribution in [2.75, 3.05) is 24.5 Å². The molecule has 1 saturated carbocycles. The van der Waals surface area contributed by atoms with Gasteiger partial charge in [0.15, 0.2) is 0 Å². The zero-order valence-corrected chi connectivity index (χ0v) is 12.9. The first-order chi connectivity index (χ1) is 9.83. The maximum Gasteiger partial charge on any atom is 0.0414 e. The lowest BCUT2D eigenvalue weighted by Gasteiger charge is -2.27. The SMILES string of the molecule is CCNC(CC)c1ccccc1N1CC2CCCC2C1. The van der Waals surface area contributed by atoms with Crippen molar-refractivity contribution >= 4 is 5.69 Å². The van der Waals surface area contributed by atoms with Gasteiger partial charge in [0.25, 0.3) is 0 Å². The van der Waals surface area contributed by atoms with Gasteiger partial charge in [-0.1, -0.05) is 38.5 Å². The van der Waals surface area contributed by atoms with Crippen LogP contribution in [0.1, 0.15) is 51.1 Å². The van der Waals surface area contributed by atoms with Crippen LogP contribution in [0.5, 0.6) is 0 Å². The van der Waals surface area contributed by atoms with Crippen LogP contribution >= 0.6 is 0 Å². The standard InChI is InChI=1S/C18H28N2/c1-3-17(19-4-2)16-10-5-6-11-18(16)20-12-14-8-7-9-15(14)13-20/h5-6,10-11,14-15,17,19H,3-4,7-9,12-13H2,1-2H3. The molecule has 0 bridgehead atoms. The molecule has 1 aliphatic heterocycles. The van der Waals surface area contributed by atoms with Gasteiger partial charge in [0.1, 0.15) is 0 Å². The molecule has 2 aliphatic rings. The Balaban J connectivity index is 1.82. The fourth-order valence-electron chi connectivity index (χ4n) is 4.22. The van der Waals surface area contributed by atoms with Gasteiger partial charge in [-0.25, -0.2) is 0 Å².